The van der Waals surface area contributed by atoms with Crippen LogP contribution in [-0.2, 0) is 19.0 Å². The van der Waals surface area contributed by atoms with E-state index in [4.69, 9.17) is 19.3 Å². The molecule has 6 nitrogen and oxygen atoms in total. The highest BCUT2D eigenvalue weighted by molar-refractivity contribution is 5.66. The molecule has 0 amide bonds. The highest BCUT2D eigenvalue weighted by Gasteiger charge is 2.16. The summed E-state index contributed by atoms with van der Waals surface area (Å²) in [6.07, 6.45) is -1.43. The lowest BCUT2D eigenvalue weighted by Crippen LogP contribution is -2.32. The Morgan fingerprint density at radius 3 is 2.44 bits per heavy atom. The average molecular weight is 236 g/mol. The van der Waals surface area contributed by atoms with Crippen LogP contribution in [0.1, 0.15) is 13.8 Å². The quantitative estimate of drug-likeness (QED) is 0.408. The summed E-state index contributed by atoms with van der Waals surface area (Å²) in [6.45, 7) is 3.89. The summed E-state index contributed by atoms with van der Waals surface area (Å²) in [5.41, 5.74) is 0. The summed E-state index contributed by atoms with van der Waals surface area (Å²) in [5.74, 6) is -0.433. The largest absolute Gasteiger partial charge is 0.460 e. The molecule has 0 aromatic carbocycles. The second kappa shape index (κ2) is 9.53. The molecule has 16 heavy (non-hydrogen) atoms. The highest BCUT2D eigenvalue weighted by atomic mass is 16.6. The van der Waals surface area contributed by atoms with E-state index in [-0.39, 0.29) is 19.8 Å². The Bertz CT molecular complexity index is 184. The fraction of sp³-hybridized carbons (Fsp3) is 0.900. The maximum absolute atomic E-state index is 10.6. The predicted molar refractivity (Wildman–Crippen MR) is 56.0 cm³/mol. The number of hydrogen-bond acceptors (Lipinski definition) is 6. The maximum Gasteiger partial charge on any atom is 0.302 e. The SMILES string of the molecule is CC(=O)OC(C)C(O)COCCOCCO. The smallest absolute Gasteiger partial charge is 0.302 e. The summed E-state index contributed by atoms with van der Waals surface area (Å²) < 4.78 is 14.8. The summed E-state index contributed by atoms with van der Waals surface area (Å²) in [5, 5.41) is 17.9. The van der Waals surface area contributed by atoms with Crippen molar-refractivity contribution < 1.29 is 29.2 Å². The van der Waals surface area contributed by atoms with Gasteiger partial charge in [0.25, 0.3) is 0 Å². The molecule has 0 radical (unpaired) electrons. The monoisotopic (exact) mass is 236 g/mol. The third-order valence-corrected chi connectivity index (χ3v) is 1.79. The van der Waals surface area contributed by atoms with Crippen LogP contribution in [0.15, 0.2) is 0 Å². The van der Waals surface area contributed by atoms with E-state index in [0.717, 1.165) is 0 Å². The van der Waals surface area contributed by atoms with E-state index in [1.54, 1.807) is 6.92 Å². The van der Waals surface area contributed by atoms with Crippen LogP contribution >= 0.6 is 0 Å². The molecule has 2 unspecified atom stereocenters. The van der Waals surface area contributed by atoms with Crippen LogP contribution in [0.2, 0.25) is 0 Å². The van der Waals surface area contributed by atoms with Gasteiger partial charge in [0.1, 0.15) is 12.2 Å². The summed E-state index contributed by atoms with van der Waals surface area (Å²) in [6, 6.07) is 0. The van der Waals surface area contributed by atoms with Crippen molar-refractivity contribution in [2.75, 3.05) is 33.0 Å². The summed E-state index contributed by atoms with van der Waals surface area (Å²) in [4.78, 5) is 10.6. The van der Waals surface area contributed by atoms with Gasteiger partial charge in [-0.25, -0.2) is 0 Å². The van der Waals surface area contributed by atoms with Crippen LogP contribution in [0.3, 0.4) is 0 Å². The zero-order chi connectivity index (χ0) is 12.4. The van der Waals surface area contributed by atoms with Gasteiger partial charge in [0.15, 0.2) is 0 Å². The van der Waals surface area contributed by atoms with Crippen LogP contribution in [0.25, 0.3) is 0 Å². The van der Waals surface area contributed by atoms with Gasteiger partial charge in [-0.15, -0.1) is 0 Å². The molecule has 0 heterocycles. The molecule has 0 aliphatic carbocycles. The molecular weight excluding hydrogens is 216 g/mol. The fourth-order valence-corrected chi connectivity index (χ4v) is 0.964. The van der Waals surface area contributed by atoms with Crippen LogP contribution < -0.4 is 0 Å². The molecule has 0 spiro atoms. The minimum Gasteiger partial charge on any atom is -0.460 e. The number of rotatable bonds is 9. The van der Waals surface area contributed by atoms with E-state index in [9.17, 15) is 9.90 Å². The van der Waals surface area contributed by atoms with Gasteiger partial charge in [0, 0.05) is 6.92 Å². The molecule has 0 aromatic heterocycles. The van der Waals surface area contributed by atoms with Crippen LogP contribution in [0, 0.1) is 0 Å². The molecule has 0 saturated heterocycles. The third kappa shape index (κ3) is 8.60. The van der Waals surface area contributed by atoms with E-state index in [2.05, 4.69) is 0 Å². The molecule has 0 aliphatic heterocycles. The lowest BCUT2D eigenvalue weighted by atomic mass is 10.2. The van der Waals surface area contributed by atoms with Crippen molar-refractivity contribution in [3.63, 3.8) is 0 Å². The molecule has 96 valence electrons. The van der Waals surface area contributed by atoms with Crippen molar-refractivity contribution in [1.29, 1.82) is 0 Å². The van der Waals surface area contributed by atoms with Gasteiger partial charge in [0.05, 0.1) is 33.0 Å². The molecule has 6 heteroatoms. The Hall–Kier alpha value is -0.690. The van der Waals surface area contributed by atoms with Crippen molar-refractivity contribution in [3.05, 3.63) is 0 Å². The van der Waals surface area contributed by atoms with E-state index in [1.807, 2.05) is 0 Å². The number of aliphatic hydroxyl groups is 2. The van der Waals surface area contributed by atoms with Crippen LogP contribution in [0.4, 0.5) is 0 Å². The van der Waals surface area contributed by atoms with Crippen molar-refractivity contribution in [2.45, 2.75) is 26.1 Å². The summed E-state index contributed by atoms with van der Waals surface area (Å²) in [7, 11) is 0. The number of esters is 1. The Morgan fingerprint density at radius 2 is 1.88 bits per heavy atom. The van der Waals surface area contributed by atoms with Gasteiger partial charge >= 0.3 is 5.97 Å². The van der Waals surface area contributed by atoms with Crippen molar-refractivity contribution in [3.8, 4) is 0 Å². The molecule has 0 saturated carbocycles. The Morgan fingerprint density at radius 1 is 1.25 bits per heavy atom. The zero-order valence-electron chi connectivity index (χ0n) is 9.72. The van der Waals surface area contributed by atoms with Gasteiger partial charge in [-0.2, -0.15) is 0 Å². The number of carbonyl (C=O) groups is 1. The van der Waals surface area contributed by atoms with Crippen molar-refractivity contribution >= 4 is 5.97 Å². The van der Waals surface area contributed by atoms with E-state index in [1.165, 1.54) is 6.92 Å². The number of hydrogen-bond donors (Lipinski definition) is 2. The highest BCUT2D eigenvalue weighted by Crippen LogP contribution is 2.00. The van der Waals surface area contributed by atoms with E-state index < -0.39 is 18.2 Å². The van der Waals surface area contributed by atoms with Crippen molar-refractivity contribution in [2.24, 2.45) is 0 Å². The Balaban J connectivity index is 3.42. The topological polar surface area (TPSA) is 85.2 Å². The molecule has 0 bridgehead atoms. The first-order valence-electron chi connectivity index (χ1n) is 5.19. The second-order valence-electron chi connectivity index (χ2n) is 3.29. The number of carbonyl (C=O) groups excluding carboxylic acids is 1. The summed E-state index contributed by atoms with van der Waals surface area (Å²) >= 11 is 0. The average Bonchev–Trinajstić information content (AvgIpc) is 2.21. The maximum atomic E-state index is 10.6. The molecule has 0 rings (SSSR count). The van der Waals surface area contributed by atoms with Crippen LogP contribution in [-0.4, -0.2) is 61.4 Å². The normalized spacial score (nSPS) is 14.5. The standard InChI is InChI=1S/C10H20O6/c1-8(16-9(2)12)10(13)7-15-6-5-14-4-3-11/h8,10-11,13H,3-7H2,1-2H3. The Labute approximate surface area is 95.1 Å². The molecule has 0 aliphatic rings. The molecule has 0 fully saturated rings. The van der Waals surface area contributed by atoms with E-state index in [0.29, 0.717) is 13.2 Å². The zero-order valence-corrected chi connectivity index (χ0v) is 9.72. The van der Waals surface area contributed by atoms with Gasteiger partial charge in [-0.05, 0) is 6.92 Å². The third-order valence-electron chi connectivity index (χ3n) is 1.79. The first-order valence-corrected chi connectivity index (χ1v) is 5.19. The lowest BCUT2D eigenvalue weighted by Gasteiger charge is -2.18. The van der Waals surface area contributed by atoms with Gasteiger partial charge in [0.2, 0.25) is 0 Å². The fourth-order valence-electron chi connectivity index (χ4n) is 0.964. The Kier molecular flexibility index (Phi) is 9.12. The van der Waals surface area contributed by atoms with Crippen LogP contribution in [0.5, 0.6) is 0 Å². The molecule has 0 aromatic rings. The number of aliphatic hydroxyl groups excluding tert-OH is 2. The van der Waals surface area contributed by atoms with Crippen molar-refractivity contribution in [1.82, 2.24) is 0 Å². The molecule has 2 atom stereocenters. The number of ether oxygens (including phenoxy) is 3. The predicted octanol–water partition coefficient (Wildman–Crippen LogP) is -0.676. The molecular formula is C10H20O6. The first kappa shape index (κ1) is 15.3. The second-order valence-corrected chi connectivity index (χ2v) is 3.29. The lowest BCUT2D eigenvalue weighted by molar-refractivity contribution is -0.153. The van der Waals surface area contributed by atoms with Gasteiger partial charge in [-0.3, -0.25) is 4.79 Å². The van der Waals surface area contributed by atoms with Gasteiger partial charge in [-0.1, -0.05) is 0 Å². The first-order chi connectivity index (χ1) is 7.57. The minimum absolute atomic E-state index is 0.0217. The minimum atomic E-state index is -0.846. The van der Waals surface area contributed by atoms with E-state index >= 15 is 0 Å². The molecule has 2 N–H and O–H groups in total. The van der Waals surface area contributed by atoms with Gasteiger partial charge < -0.3 is 24.4 Å².